The lowest BCUT2D eigenvalue weighted by Gasteiger charge is -2.15. The first-order chi connectivity index (χ1) is 7.45. The lowest BCUT2D eigenvalue weighted by molar-refractivity contribution is -0.144. The number of hydrogen-bond acceptors (Lipinski definition) is 4. The van der Waals surface area contributed by atoms with E-state index in [2.05, 4.69) is 6.58 Å². The molecule has 2 rings (SSSR count). The Morgan fingerprint density at radius 2 is 2.38 bits per heavy atom. The van der Waals surface area contributed by atoms with Crippen LogP contribution in [0.15, 0.2) is 12.3 Å². The van der Waals surface area contributed by atoms with Gasteiger partial charge in [0.2, 0.25) is 0 Å². The smallest absolute Gasteiger partial charge is 0.530 e. The van der Waals surface area contributed by atoms with E-state index < -0.39 is 5.60 Å². The summed E-state index contributed by atoms with van der Waals surface area (Å²) in [6.45, 7) is 9.87. The van der Waals surface area contributed by atoms with Crippen molar-refractivity contribution >= 4 is 13.1 Å². The Balaban J connectivity index is 1.89. The fourth-order valence-corrected chi connectivity index (χ4v) is 1.87. The zero-order valence-corrected chi connectivity index (χ0v) is 9.99. The lowest BCUT2D eigenvalue weighted by atomic mass is 9.81. The van der Waals surface area contributed by atoms with E-state index in [-0.39, 0.29) is 24.8 Å². The first-order valence-corrected chi connectivity index (χ1v) is 5.66. The highest BCUT2D eigenvalue weighted by atomic mass is 16.7. The standard InChI is InChI=1S/C11H17BO4/c1-5-14-10(13)8-6-9(8)12-15-7(2)11(3,4)16-12/h8-9H,2,5-6H2,1,3-4H3. The summed E-state index contributed by atoms with van der Waals surface area (Å²) >= 11 is 0. The fraction of sp³-hybridized carbons (Fsp3) is 0.727. The van der Waals surface area contributed by atoms with Gasteiger partial charge in [0.1, 0.15) is 5.60 Å². The maximum absolute atomic E-state index is 11.5. The van der Waals surface area contributed by atoms with Crippen LogP contribution in [-0.4, -0.2) is 25.3 Å². The van der Waals surface area contributed by atoms with Gasteiger partial charge in [-0.15, -0.1) is 0 Å². The number of ether oxygens (including phenoxy) is 1. The summed E-state index contributed by atoms with van der Waals surface area (Å²) in [5.74, 6) is 0.547. The lowest BCUT2D eigenvalue weighted by Crippen LogP contribution is -2.24. The van der Waals surface area contributed by atoms with Crippen LogP contribution in [0.5, 0.6) is 0 Å². The van der Waals surface area contributed by atoms with Gasteiger partial charge in [-0.05, 0) is 27.2 Å². The summed E-state index contributed by atoms with van der Waals surface area (Å²) in [7, 11) is -0.336. The first-order valence-electron chi connectivity index (χ1n) is 5.66. The van der Waals surface area contributed by atoms with E-state index in [0.717, 1.165) is 6.42 Å². The fourth-order valence-electron chi connectivity index (χ4n) is 1.87. The van der Waals surface area contributed by atoms with Crippen LogP contribution in [0.1, 0.15) is 27.2 Å². The van der Waals surface area contributed by atoms with E-state index in [1.807, 2.05) is 20.8 Å². The van der Waals surface area contributed by atoms with Crippen molar-refractivity contribution in [1.82, 2.24) is 0 Å². The third kappa shape index (κ3) is 1.96. The average molecular weight is 224 g/mol. The predicted octanol–water partition coefficient (Wildman–Crippen LogP) is 1.77. The molecule has 0 aromatic heterocycles. The highest BCUT2D eigenvalue weighted by Gasteiger charge is 2.59. The molecule has 1 aliphatic heterocycles. The van der Waals surface area contributed by atoms with Gasteiger partial charge in [0, 0.05) is 5.82 Å². The maximum atomic E-state index is 11.5. The van der Waals surface area contributed by atoms with Crippen LogP contribution in [0.3, 0.4) is 0 Å². The van der Waals surface area contributed by atoms with Crippen molar-refractivity contribution in [3.8, 4) is 0 Å². The Morgan fingerprint density at radius 1 is 1.69 bits per heavy atom. The minimum atomic E-state index is -0.452. The second-order valence-electron chi connectivity index (χ2n) is 4.80. The van der Waals surface area contributed by atoms with E-state index in [4.69, 9.17) is 14.0 Å². The molecule has 0 bridgehead atoms. The molecule has 0 spiro atoms. The molecule has 1 saturated carbocycles. The van der Waals surface area contributed by atoms with Gasteiger partial charge in [-0.2, -0.15) is 0 Å². The predicted molar refractivity (Wildman–Crippen MR) is 59.6 cm³/mol. The van der Waals surface area contributed by atoms with Gasteiger partial charge in [-0.1, -0.05) is 6.58 Å². The molecule has 0 aromatic rings. The largest absolute Gasteiger partial charge is 0.537 e. The third-order valence-electron chi connectivity index (χ3n) is 3.12. The quantitative estimate of drug-likeness (QED) is 0.541. The summed E-state index contributed by atoms with van der Waals surface area (Å²) < 4.78 is 16.2. The minimum Gasteiger partial charge on any atom is -0.537 e. The molecule has 0 amide bonds. The van der Waals surface area contributed by atoms with Gasteiger partial charge in [-0.3, -0.25) is 4.79 Å². The van der Waals surface area contributed by atoms with E-state index in [9.17, 15) is 4.79 Å². The second-order valence-corrected chi connectivity index (χ2v) is 4.80. The summed E-state index contributed by atoms with van der Waals surface area (Å²) in [5, 5.41) is 0. The number of hydrogen-bond donors (Lipinski definition) is 0. The highest BCUT2D eigenvalue weighted by molar-refractivity contribution is 6.49. The van der Waals surface area contributed by atoms with Gasteiger partial charge < -0.3 is 14.0 Å². The molecule has 16 heavy (non-hydrogen) atoms. The molecule has 5 heteroatoms. The van der Waals surface area contributed by atoms with Crippen LogP contribution in [0, 0.1) is 5.92 Å². The van der Waals surface area contributed by atoms with Crippen molar-refractivity contribution in [1.29, 1.82) is 0 Å². The van der Waals surface area contributed by atoms with Gasteiger partial charge in [0.25, 0.3) is 0 Å². The topological polar surface area (TPSA) is 44.8 Å². The Morgan fingerprint density at radius 3 is 2.88 bits per heavy atom. The summed E-state index contributed by atoms with van der Waals surface area (Å²) in [6, 6.07) is 0. The number of carbonyl (C=O) groups is 1. The Bertz CT molecular complexity index is 326. The van der Waals surface area contributed by atoms with E-state index in [1.54, 1.807) is 0 Å². The average Bonchev–Trinajstić information content (AvgIpc) is 2.91. The molecule has 1 aliphatic carbocycles. The number of rotatable bonds is 3. The summed E-state index contributed by atoms with van der Waals surface area (Å²) in [4.78, 5) is 11.5. The van der Waals surface area contributed by atoms with E-state index in [0.29, 0.717) is 12.4 Å². The van der Waals surface area contributed by atoms with Crippen LogP contribution in [0.4, 0.5) is 0 Å². The molecule has 2 fully saturated rings. The molecule has 2 aliphatic rings. The molecule has 0 radical (unpaired) electrons. The van der Waals surface area contributed by atoms with Gasteiger partial charge in [0.05, 0.1) is 18.3 Å². The van der Waals surface area contributed by atoms with Crippen LogP contribution >= 0.6 is 0 Å². The molecule has 1 saturated heterocycles. The molecule has 0 aromatic carbocycles. The van der Waals surface area contributed by atoms with Gasteiger partial charge in [0.15, 0.2) is 0 Å². The monoisotopic (exact) mass is 224 g/mol. The van der Waals surface area contributed by atoms with Crippen LogP contribution in [0.25, 0.3) is 0 Å². The molecule has 2 atom stereocenters. The van der Waals surface area contributed by atoms with Crippen molar-refractivity contribution in [2.24, 2.45) is 5.92 Å². The van der Waals surface area contributed by atoms with Crippen molar-refractivity contribution < 1.29 is 18.8 Å². The molecule has 88 valence electrons. The van der Waals surface area contributed by atoms with Crippen LogP contribution in [0.2, 0.25) is 5.82 Å². The Labute approximate surface area is 96.1 Å². The number of esters is 1. The van der Waals surface area contributed by atoms with Crippen molar-refractivity contribution in [2.75, 3.05) is 6.61 Å². The molecule has 2 unspecified atom stereocenters. The van der Waals surface area contributed by atoms with Crippen molar-refractivity contribution in [3.05, 3.63) is 12.3 Å². The van der Waals surface area contributed by atoms with Gasteiger partial charge in [-0.25, -0.2) is 0 Å². The van der Waals surface area contributed by atoms with Crippen molar-refractivity contribution in [3.63, 3.8) is 0 Å². The molecule has 1 heterocycles. The van der Waals surface area contributed by atoms with E-state index in [1.165, 1.54) is 0 Å². The SMILES string of the molecule is C=C1OB(C2CC2C(=O)OCC)OC1(C)C. The minimum absolute atomic E-state index is 0.0633. The highest BCUT2D eigenvalue weighted by Crippen LogP contribution is 2.52. The zero-order valence-electron chi connectivity index (χ0n) is 9.99. The van der Waals surface area contributed by atoms with E-state index >= 15 is 0 Å². The molecule has 0 N–H and O–H groups in total. The first kappa shape index (κ1) is 11.5. The van der Waals surface area contributed by atoms with Gasteiger partial charge >= 0.3 is 13.1 Å². The Hall–Kier alpha value is -0.965. The molecular weight excluding hydrogens is 207 g/mol. The summed E-state index contributed by atoms with van der Waals surface area (Å²) in [6.07, 6.45) is 0.785. The molecular formula is C11H17BO4. The third-order valence-corrected chi connectivity index (χ3v) is 3.12. The second kappa shape index (κ2) is 3.80. The Kier molecular flexibility index (Phi) is 2.74. The summed E-state index contributed by atoms with van der Waals surface area (Å²) in [5.41, 5.74) is -0.452. The van der Waals surface area contributed by atoms with Crippen LogP contribution in [-0.2, 0) is 18.8 Å². The maximum Gasteiger partial charge on any atom is 0.530 e. The zero-order chi connectivity index (χ0) is 11.9. The molecule has 4 nitrogen and oxygen atoms in total. The number of carbonyl (C=O) groups excluding carboxylic acids is 1. The normalized spacial score (nSPS) is 31.2. The van der Waals surface area contributed by atoms with Crippen LogP contribution < -0.4 is 0 Å². The van der Waals surface area contributed by atoms with Crippen molar-refractivity contribution in [2.45, 2.75) is 38.6 Å².